The molecule has 0 spiro atoms. The largest absolute Gasteiger partial charge is 0.481 e. The quantitative estimate of drug-likeness (QED) is 0.0154. The molecule has 0 aromatic carbocycles. The van der Waals surface area contributed by atoms with Gasteiger partial charge in [-0.1, -0.05) is 74.0 Å². The first-order valence-corrected chi connectivity index (χ1v) is 38.8. The zero-order chi connectivity index (χ0) is 81.1. The van der Waals surface area contributed by atoms with Crippen molar-refractivity contribution in [2.45, 2.75) is 285 Å². The smallest absolute Gasteiger partial charge is 0.303 e. The lowest BCUT2D eigenvalue weighted by Crippen LogP contribution is -2.50. The molecule has 0 unspecified atom stereocenters. The molecule has 0 aliphatic heterocycles. The lowest BCUT2D eigenvalue weighted by atomic mass is 9.89. The Kier molecular flexibility index (Phi) is 55.6. The number of hydrogen-bond donors (Lipinski definition) is 24. The van der Waals surface area contributed by atoms with Crippen LogP contribution >= 0.6 is 21.6 Å². The monoisotopic (exact) mass is 1580 g/mol. The molecule has 0 heterocycles. The van der Waals surface area contributed by atoms with E-state index in [0.29, 0.717) is 43.7 Å². The van der Waals surface area contributed by atoms with Crippen LogP contribution in [0.3, 0.4) is 0 Å². The SMILES string of the molecule is CCCCCCCNC(=O)CCCCCCC(=O)CCSSCCCC(=O)[C@H](CCC(=O)N[C@@H](O)[C@H](O)C[C@H](O)[C@H](O)CO)NC(=O)[C@H](CCC(=O)O)CC(=O)[C@H](CCC(=O)NC[C@H](O)[C@@H](O)[C@H](O)[C@H](O)CO)NC(=O)[C@H](CCC(=O)O)CC(=O)[C@H](CCC(=O)NC[C@H](O)[C@@H](O)[C@H](O)[C@H](O)CO)NC(=O)CC. The van der Waals surface area contributed by atoms with Gasteiger partial charge in [-0.05, 0) is 57.8 Å². The van der Waals surface area contributed by atoms with E-state index in [1.807, 2.05) is 5.32 Å². The maximum absolute atomic E-state index is 14.7. The van der Waals surface area contributed by atoms with Crippen LogP contribution < -0.4 is 37.2 Å². The Bertz CT molecular complexity index is 2680. The number of aliphatic carboxylic acids is 2. The summed E-state index contributed by atoms with van der Waals surface area (Å²) in [7, 11) is 2.70. The van der Waals surface area contributed by atoms with E-state index in [2.05, 4.69) is 38.8 Å². The second kappa shape index (κ2) is 58.9. The molecule has 0 aromatic rings. The number of carboxylic acids is 2. The number of nitrogens with one attached hydrogen (secondary N) is 7. The molecule has 0 rings (SSSR count). The third kappa shape index (κ3) is 46.3. The number of aliphatic hydroxyl groups excluding tert-OH is 15. The summed E-state index contributed by atoms with van der Waals surface area (Å²) in [5.74, 6) is -14.5. The molecule has 24 N–H and O–H groups in total. The number of hydrogen-bond acceptors (Lipinski definition) is 30. The van der Waals surface area contributed by atoms with E-state index < -0.39 is 284 Å². The van der Waals surface area contributed by atoms with E-state index in [9.17, 15) is 139 Å². The van der Waals surface area contributed by atoms with E-state index in [1.54, 1.807) is 0 Å². The van der Waals surface area contributed by atoms with Crippen molar-refractivity contribution in [3.63, 3.8) is 0 Å². The average Bonchev–Trinajstić information content (AvgIpc) is 0.860. The van der Waals surface area contributed by atoms with E-state index in [0.717, 1.165) is 38.5 Å². The van der Waals surface area contributed by atoms with Crippen LogP contribution in [0.1, 0.15) is 194 Å². The Morgan fingerprint density at radius 3 is 1.23 bits per heavy atom. The topological polar surface area (TPSA) is 650 Å². The molecule has 7 amide bonds. The van der Waals surface area contributed by atoms with Crippen LogP contribution in [0.5, 0.6) is 0 Å². The first-order chi connectivity index (χ1) is 50.6. The predicted molar refractivity (Wildman–Crippen MR) is 384 cm³/mol. The normalized spacial score (nSPS) is 16.3. The predicted octanol–water partition coefficient (Wildman–Crippen LogP) is -4.81. The standard InChI is InChI=1S/C68H119N7O30S2/c1-3-5-6-9-12-28-69-56(91)16-11-8-7-10-14-41(79)27-30-107-106-29-13-15-45(80)42(21-24-59(94)75-68(105)49(84)33-48(83)52(87)36-76)73-66(103)40(18-26-61(97)98)32-47(82)44(20-23-58(93)71-35-51(86)63(100)65(102)54(89)38-78)74-67(104)39(17-25-60(95)96)31-46(81)43(72-55(90)4-2)19-22-57(92)70-34-50(85)62(99)64(101)53(88)37-77/h39-40,42-44,48-54,62-65,68,76-78,83-89,99-102,105H,3-38H2,1-2H3,(H,69,91)(H,70,92)(H,71,93)(H,72,90)(H,73,103)(H,74,104)(H,75,94)(H,95,96)(H,97,98)/t39-,40-,42+,43+,44+,48+,49-,50+,51+,52-,53-,54-,62-,63-,64-,65-,68+/m1/s1. The molecule has 107 heavy (non-hydrogen) atoms. The fourth-order valence-corrected chi connectivity index (χ4v) is 12.6. The molecule has 0 aromatic heterocycles. The molecule has 0 saturated carbocycles. The van der Waals surface area contributed by atoms with E-state index in [-0.39, 0.29) is 37.4 Å². The van der Waals surface area contributed by atoms with Gasteiger partial charge >= 0.3 is 11.9 Å². The number of Topliss-reactive ketones (excluding diaryl/α,β-unsaturated/α-hetero) is 4. The van der Waals surface area contributed by atoms with Gasteiger partial charge in [0, 0.05) is 126 Å². The molecule has 618 valence electrons. The van der Waals surface area contributed by atoms with Crippen molar-refractivity contribution in [1.29, 1.82) is 0 Å². The van der Waals surface area contributed by atoms with Crippen LogP contribution in [0.25, 0.3) is 0 Å². The Morgan fingerprint density at radius 2 is 0.766 bits per heavy atom. The zero-order valence-electron chi connectivity index (χ0n) is 61.0. The number of rotatable bonds is 67. The van der Waals surface area contributed by atoms with Gasteiger partial charge in [-0.25, -0.2) is 0 Å². The van der Waals surface area contributed by atoms with Crippen molar-refractivity contribution >= 4 is 98.0 Å². The van der Waals surface area contributed by atoms with Gasteiger partial charge in [0.15, 0.2) is 23.6 Å². The number of amides is 7. The second-order valence-corrected chi connectivity index (χ2v) is 29.0. The number of aliphatic hydroxyl groups is 15. The van der Waals surface area contributed by atoms with E-state index >= 15 is 0 Å². The average molecular weight is 1580 g/mol. The van der Waals surface area contributed by atoms with Crippen LogP contribution in [0.2, 0.25) is 0 Å². The van der Waals surface area contributed by atoms with Crippen molar-refractivity contribution in [2.75, 3.05) is 51.0 Å². The molecule has 0 bridgehead atoms. The molecule has 0 saturated heterocycles. The molecule has 39 heteroatoms. The molecular formula is C68H119N7O30S2. The molecule has 0 aliphatic carbocycles. The minimum atomic E-state index is -2.15. The fourth-order valence-electron chi connectivity index (χ4n) is 10.5. The number of unbranched alkanes of at least 4 members (excludes halogenated alkanes) is 7. The lowest BCUT2D eigenvalue weighted by molar-refractivity contribution is -0.139. The van der Waals surface area contributed by atoms with Gasteiger partial charge in [0.1, 0.15) is 54.6 Å². The highest BCUT2D eigenvalue weighted by Crippen LogP contribution is 2.25. The molecular weight excluding hydrogens is 1460 g/mol. The van der Waals surface area contributed by atoms with Gasteiger partial charge in [-0.3, -0.25) is 62.3 Å². The van der Waals surface area contributed by atoms with Crippen LogP contribution in [0.4, 0.5) is 0 Å². The summed E-state index contributed by atoms with van der Waals surface area (Å²) >= 11 is 0. The van der Waals surface area contributed by atoms with E-state index in [4.69, 9.17) is 10.2 Å². The molecule has 0 aliphatic rings. The summed E-state index contributed by atoms with van der Waals surface area (Å²) in [6, 6.07) is -5.11. The summed E-state index contributed by atoms with van der Waals surface area (Å²) in [6.07, 6.45) is -23.9. The lowest BCUT2D eigenvalue weighted by Gasteiger charge is -2.26. The number of carboxylic acid groups (broad SMARTS) is 2. The molecule has 0 fully saturated rings. The van der Waals surface area contributed by atoms with Gasteiger partial charge in [-0.15, -0.1) is 0 Å². The molecule has 17 atom stereocenters. The third-order valence-electron chi connectivity index (χ3n) is 17.4. The first kappa shape index (κ1) is 101. The maximum Gasteiger partial charge on any atom is 0.303 e. The maximum atomic E-state index is 14.7. The van der Waals surface area contributed by atoms with Crippen molar-refractivity contribution in [2.24, 2.45) is 11.8 Å². The Hall–Kier alpha value is -5.99. The van der Waals surface area contributed by atoms with E-state index in [1.165, 1.54) is 34.9 Å². The van der Waals surface area contributed by atoms with Gasteiger partial charge in [0.25, 0.3) is 0 Å². The summed E-state index contributed by atoms with van der Waals surface area (Å²) in [6.45, 7) is -0.345. The van der Waals surface area contributed by atoms with Crippen LogP contribution in [0, 0.1) is 11.8 Å². The van der Waals surface area contributed by atoms with Gasteiger partial charge in [-0.2, -0.15) is 0 Å². The Morgan fingerprint density at radius 1 is 0.346 bits per heavy atom. The Labute approximate surface area is 629 Å². The van der Waals surface area contributed by atoms with Crippen molar-refractivity contribution < 1.29 is 149 Å². The highest BCUT2D eigenvalue weighted by molar-refractivity contribution is 8.76. The number of ketones is 4. The molecule has 37 nitrogen and oxygen atoms in total. The summed E-state index contributed by atoms with van der Waals surface area (Å²) in [4.78, 5) is 173. The minimum Gasteiger partial charge on any atom is -0.481 e. The summed E-state index contributed by atoms with van der Waals surface area (Å²) < 4.78 is 0. The number of carbonyl (C=O) groups is 13. The van der Waals surface area contributed by atoms with Crippen LogP contribution in [-0.2, 0) is 62.3 Å². The summed E-state index contributed by atoms with van der Waals surface area (Å²) in [5, 5.41) is 185. The minimum absolute atomic E-state index is 0.0115. The number of carbonyl (C=O) groups excluding carboxylic acids is 11. The van der Waals surface area contributed by atoms with Gasteiger partial charge in [0.2, 0.25) is 41.4 Å². The van der Waals surface area contributed by atoms with Gasteiger partial charge in [0.05, 0.1) is 56.3 Å². The first-order valence-electron chi connectivity index (χ1n) is 36.3. The zero-order valence-corrected chi connectivity index (χ0v) is 62.6. The molecule has 0 radical (unpaired) electrons. The van der Waals surface area contributed by atoms with Crippen molar-refractivity contribution in [3.05, 3.63) is 0 Å². The second-order valence-electron chi connectivity index (χ2n) is 26.3. The Balaban J connectivity index is 6.98. The highest BCUT2D eigenvalue weighted by atomic mass is 33.1. The summed E-state index contributed by atoms with van der Waals surface area (Å²) in [5.41, 5.74) is 0. The third-order valence-corrected chi connectivity index (χ3v) is 19.8. The van der Waals surface area contributed by atoms with Crippen LogP contribution in [0.15, 0.2) is 0 Å². The van der Waals surface area contributed by atoms with Crippen molar-refractivity contribution in [1.82, 2.24) is 37.2 Å². The van der Waals surface area contributed by atoms with Crippen LogP contribution in [-0.4, -0.2) is 306 Å². The fraction of sp³-hybridized carbons (Fsp3) is 0.809. The van der Waals surface area contributed by atoms with Gasteiger partial charge < -0.3 is 124 Å². The van der Waals surface area contributed by atoms with Crippen molar-refractivity contribution in [3.8, 4) is 0 Å². The highest BCUT2D eigenvalue weighted by Gasteiger charge is 2.37.